The molecule has 1 heterocycles. The van der Waals surface area contributed by atoms with Gasteiger partial charge in [-0.3, -0.25) is 0 Å². The molecule has 0 atom stereocenters. The summed E-state index contributed by atoms with van der Waals surface area (Å²) in [4.78, 5) is 10.6. The van der Waals surface area contributed by atoms with Gasteiger partial charge in [0.05, 0.1) is 11.5 Å². The second-order valence-electron chi connectivity index (χ2n) is 2.33. The highest BCUT2D eigenvalue weighted by Crippen LogP contribution is 2.13. The summed E-state index contributed by atoms with van der Waals surface area (Å²) in [5, 5.41) is 11.3. The Bertz CT molecular complexity index is 312. The molecule has 64 valence electrons. The summed E-state index contributed by atoms with van der Waals surface area (Å²) in [7, 11) is 1.80. The number of hydrogen-bond donors (Lipinski definition) is 0. The predicted octanol–water partition coefficient (Wildman–Crippen LogP) is -0.404. The molecule has 0 aliphatic rings. The van der Waals surface area contributed by atoms with E-state index in [0.29, 0.717) is 5.03 Å². The van der Waals surface area contributed by atoms with Gasteiger partial charge in [0, 0.05) is 6.07 Å². The van der Waals surface area contributed by atoms with E-state index in [-0.39, 0.29) is 5.56 Å². The minimum Gasteiger partial charge on any atom is -0.545 e. The molecule has 0 fully saturated rings. The predicted molar refractivity (Wildman–Crippen MR) is 43.7 cm³/mol. The van der Waals surface area contributed by atoms with Gasteiger partial charge in [-0.1, -0.05) is 11.8 Å². The number of carboxylic acids is 1. The van der Waals surface area contributed by atoms with E-state index >= 15 is 0 Å². The van der Waals surface area contributed by atoms with E-state index < -0.39 is 5.97 Å². The number of aromatic nitrogens is 1. The summed E-state index contributed by atoms with van der Waals surface area (Å²) in [5.41, 5.74) is 0.243. The molecule has 0 aliphatic carbocycles. The van der Waals surface area contributed by atoms with Gasteiger partial charge < -0.3 is 9.90 Å². The third-order valence-electron chi connectivity index (χ3n) is 1.54. The molecule has 0 N–H and O–H groups in total. The molecule has 0 aliphatic heterocycles. The van der Waals surface area contributed by atoms with Crippen molar-refractivity contribution in [1.29, 1.82) is 0 Å². The fraction of sp³-hybridized carbons (Fsp3) is 0.250. The average molecular weight is 183 g/mol. The van der Waals surface area contributed by atoms with Crippen molar-refractivity contribution in [1.82, 2.24) is 0 Å². The highest BCUT2D eigenvalue weighted by molar-refractivity contribution is 7.98. The third-order valence-corrected chi connectivity index (χ3v) is 2.43. The first kappa shape index (κ1) is 9.06. The van der Waals surface area contributed by atoms with Crippen LogP contribution in [0.15, 0.2) is 23.4 Å². The van der Waals surface area contributed by atoms with Gasteiger partial charge in [0.1, 0.15) is 7.05 Å². The van der Waals surface area contributed by atoms with Crippen LogP contribution in [0.5, 0.6) is 0 Å². The van der Waals surface area contributed by atoms with E-state index in [1.54, 1.807) is 29.9 Å². The second-order valence-corrected chi connectivity index (χ2v) is 3.12. The maximum Gasteiger partial charge on any atom is 0.248 e. The number of aromatic carboxylic acids is 1. The molecule has 0 spiro atoms. The zero-order valence-corrected chi connectivity index (χ0v) is 7.72. The van der Waals surface area contributed by atoms with Crippen LogP contribution < -0.4 is 9.67 Å². The van der Waals surface area contributed by atoms with Crippen molar-refractivity contribution in [3.05, 3.63) is 23.9 Å². The van der Waals surface area contributed by atoms with E-state index in [1.165, 1.54) is 11.8 Å². The molecule has 12 heavy (non-hydrogen) atoms. The van der Waals surface area contributed by atoms with Gasteiger partial charge in [-0.25, -0.2) is 0 Å². The molecule has 0 saturated heterocycles. The van der Waals surface area contributed by atoms with Crippen LogP contribution in [0.1, 0.15) is 10.4 Å². The number of carbonyl (C=O) groups excluding carboxylic acids is 1. The Morgan fingerprint density at radius 2 is 2.33 bits per heavy atom. The summed E-state index contributed by atoms with van der Waals surface area (Å²) in [5.74, 6) is -1.13. The van der Waals surface area contributed by atoms with Crippen molar-refractivity contribution in [2.24, 2.45) is 7.05 Å². The standard InChI is InChI=1S/C8H9NO2S/c1-9-5-3-4-6(8(10)11)7(9)12-2/h3-5H,1-2H3. The van der Waals surface area contributed by atoms with Crippen molar-refractivity contribution in [2.75, 3.05) is 6.26 Å². The van der Waals surface area contributed by atoms with Gasteiger partial charge in [0.2, 0.25) is 5.03 Å². The van der Waals surface area contributed by atoms with Gasteiger partial charge in [-0.05, 0) is 12.3 Å². The normalized spacial score (nSPS) is 9.83. The molecule has 0 aromatic carbocycles. The smallest absolute Gasteiger partial charge is 0.248 e. The van der Waals surface area contributed by atoms with Crippen molar-refractivity contribution < 1.29 is 14.5 Å². The lowest BCUT2D eigenvalue weighted by atomic mass is 10.3. The number of carboxylic acid groups (broad SMARTS) is 1. The number of carbonyl (C=O) groups is 1. The Kier molecular flexibility index (Phi) is 2.70. The van der Waals surface area contributed by atoms with Crippen LogP contribution in [-0.2, 0) is 7.05 Å². The Labute approximate surface area is 75.0 Å². The number of nitrogens with zero attached hydrogens (tertiary/aromatic N) is 1. The van der Waals surface area contributed by atoms with E-state index in [4.69, 9.17) is 0 Å². The summed E-state index contributed by atoms with van der Waals surface area (Å²) >= 11 is 1.39. The van der Waals surface area contributed by atoms with E-state index in [0.717, 1.165) is 0 Å². The largest absolute Gasteiger partial charge is 0.545 e. The highest BCUT2D eigenvalue weighted by atomic mass is 32.2. The molecular formula is C8H9NO2S. The summed E-state index contributed by atoms with van der Waals surface area (Å²) in [6.45, 7) is 0. The molecule has 0 bridgehead atoms. The van der Waals surface area contributed by atoms with E-state index in [2.05, 4.69) is 0 Å². The number of rotatable bonds is 2. The highest BCUT2D eigenvalue weighted by Gasteiger charge is 2.11. The minimum absolute atomic E-state index is 0.243. The van der Waals surface area contributed by atoms with Crippen molar-refractivity contribution in [3.63, 3.8) is 0 Å². The zero-order valence-electron chi connectivity index (χ0n) is 6.90. The van der Waals surface area contributed by atoms with Crippen molar-refractivity contribution >= 4 is 17.7 Å². The second kappa shape index (κ2) is 3.58. The summed E-state index contributed by atoms with van der Waals surface area (Å²) in [6, 6.07) is 3.23. The van der Waals surface area contributed by atoms with E-state index in [1.807, 2.05) is 6.26 Å². The number of pyridine rings is 1. The molecule has 0 unspecified atom stereocenters. The number of hydrogen-bond acceptors (Lipinski definition) is 3. The quantitative estimate of drug-likeness (QED) is 0.463. The molecule has 1 aromatic rings. The molecule has 0 amide bonds. The average Bonchev–Trinajstić information content (AvgIpc) is 2.03. The maximum atomic E-state index is 10.6. The van der Waals surface area contributed by atoms with Gasteiger partial charge in [-0.2, -0.15) is 4.57 Å². The molecule has 1 rings (SSSR count). The Hall–Kier alpha value is -1.03. The first-order valence-corrected chi connectivity index (χ1v) is 4.63. The van der Waals surface area contributed by atoms with Crippen LogP contribution in [0.25, 0.3) is 0 Å². The fourth-order valence-corrected chi connectivity index (χ4v) is 1.73. The third kappa shape index (κ3) is 1.58. The SMILES string of the molecule is CSc1c(C(=O)[O-])ccc[n+]1C. The van der Waals surface area contributed by atoms with Crippen LogP contribution in [0.2, 0.25) is 0 Å². The zero-order chi connectivity index (χ0) is 9.14. The molecule has 1 aromatic heterocycles. The molecule has 0 saturated carbocycles. The number of thioether (sulfide) groups is 1. The lowest BCUT2D eigenvalue weighted by molar-refractivity contribution is -0.709. The van der Waals surface area contributed by atoms with Gasteiger partial charge >= 0.3 is 0 Å². The maximum absolute atomic E-state index is 10.6. The van der Waals surface area contributed by atoms with E-state index in [9.17, 15) is 9.90 Å². The van der Waals surface area contributed by atoms with Crippen LogP contribution in [0.3, 0.4) is 0 Å². The van der Waals surface area contributed by atoms with Crippen LogP contribution in [0, 0.1) is 0 Å². The van der Waals surface area contributed by atoms with Gasteiger partial charge in [-0.15, -0.1) is 0 Å². The lowest BCUT2D eigenvalue weighted by Crippen LogP contribution is -2.35. The van der Waals surface area contributed by atoms with Crippen molar-refractivity contribution in [2.45, 2.75) is 5.03 Å². The monoisotopic (exact) mass is 183 g/mol. The molecule has 3 nitrogen and oxygen atoms in total. The molecule has 0 radical (unpaired) electrons. The van der Waals surface area contributed by atoms with Crippen LogP contribution >= 0.6 is 11.8 Å². The first-order chi connectivity index (χ1) is 5.66. The first-order valence-electron chi connectivity index (χ1n) is 3.40. The van der Waals surface area contributed by atoms with Gasteiger partial charge in [0.25, 0.3) is 0 Å². The minimum atomic E-state index is -1.13. The summed E-state index contributed by atoms with van der Waals surface area (Å²) < 4.78 is 1.76. The van der Waals surface area contributed by atoms with Crippen LogP contribution in [-0.4, -0.2) is 12.2 Å². The Morgan fingerprint density at radius 1 is 1.67 bits per heavy atom. The van der Waals surface area contributed by atoms with Crippen LogP contribution in [0.4, 0.5) is 0 Å². The van der Waals surface area contributed by atoms with Crippen molar-refractivity contribution in [3.8, 4) is 0 Å². The fourth-order valence-electron chi connectivity index (χ4n) is 1.01. The molecular weight excluding hydrogens is 174 g/mol. The Balaban J connectivity index is 3.27. The number of aryl methyl sites for hydroxylation is 1. The molecule has 4 heteroatoms. The topological polar surface area (TPSA) is 44.0 Å². The lowest BCUT2D eigenvalue weighted by Gasteiger charge is -2.04. The van der Waals surface area contributed by atoms with Gasteiger partial charge in [0.15, 0.2) is 6.20 Å². The Morgan fingerprint density at radius 3 is 2.75 bits per heavy atom. The summed E-state index contributed by atoms with van der Waals surface area (Å²) in [6.07, 6.45) is 3.64.